The highest BCUT2D eigenvalue weighted by Gasteiger charge is 2.22. The Labute approximate surface area is 144 Å². The maximum Gasteiger partial charge on any atom is 0.270 e. The lowest BCUT2D eigenvalue weighted by Gasteiger charge is -1.98. The Kier molecular flexibility index (Phi) is 2.82. The monoisotopic (exact) mass is 329 g/mol. The van der Waals surface area contributed by atoms with Crippen LogP contribution in [-0.4, -0.2) is 4.98 Å². The number of para-hydroxylation sites is 1. The number of rotatable bonds is 1. The first-order chi connectivity index (χ1) is 11.7. The molecule has 116 valence electrons. The van der Waals surface area contributed by atoms with Crippen LogP contribution in [0.2, 0.25) is 0 Å². The van der Waals surface area contributed by atoms with Crippen molar-refractivity contribution in [3.63, 3.8) is 0 Å². The number of aromatic amines is 1. The number of H-pyrrole nitrogens is 1. The highest BCUT2D eigenvalue weighted by molar-refractivity contribution is 7.22. The third-order valence-corrected chi connectivity index (χ3v) is 6.16. The van der Waals surface area contributed by atoms with Crippen LogP contribution in [0.15, 0.2) is 60.7 Å². The van der Waals surface area contributed by atoms with E-state index in [2.05, 4.69) is 84.2 Å². The van der Waals surface area contributed by atoms with Crippen LogP contribution >= 0.6 is 11.3 Å². The second-order valence-corrected chi connectivity index (χ2v) is 7.29. The SMILES string of the molecule is Cc1ccccc1-c1sc2c3[nH]c4ccccc4c3ccc2[n+]1C. The van der Waals surface area contributed by atoms with E-state index >= 15 is 0 Å². The average molecular weight is 329 g/mol. The van der Waals surface area contributed by atoms with Crippen LogP contribution in [-0.2, 0) is 7.05 Å². The van der Waals surface area contributed by atoms with Crippen LogP contribution < -0.4 is 4.57 Å². The van der Waals surface area contributed by atoms with Gasteiger partial charge in [0.1, 0.15) is 11.7 Å². The molecule has 24 heavy (non-hydrogen) atoms. The van der Waals surface area contributed by atoms with E-state index in [-0.39, 0.29) is 0 Å². The number of thiazole rings is 1. The Morgan fingerprint density at radius 1 is 0.875 bits per heavy atom. The first-order valence-electron chi connectivity index (χ1n) is 8.12. The highest BCUT2D eigenvalue weighted by atomic mass is 32.1. The van der Waals surface area contributed by atoms with Gasteiger partial charge in [-0.2, -0.15) is 4.57 Å². The standard InChI is InChI=1S/C21H17N2S/c1-13-7-3-4-8-14(13)21-23(2)18-12-11-16-15-9-5-6-10-17(15)22-19(16)20(18)24-21/h3-12,22H,1-2H3/q+1. The fraction of sp³-hybridized carbons (Fsp3) is 0.0952. The second kappa shape index (κ2) is 4.92. The second-order valence-electron chi connectivity index (χ2n) is 6.29. The molecule has 5 aromatic rings. The van der Waals surface area contributed by atoms with Gasteiger partial charge in [0.15, 0.2) is 0 Å². The Hall–Kier alpha value is -2.65. The summed E-state index contributed by atoms with van der Waals surface area (Å²) in [5, 5.41) is 3.90. The van der Waals surface area contributed by atoms with Crippen molar-refractivity contribution in [1.29, 1.82) is 0 Å². The van der Waals surface area contributed by atoms with Crippen molar-refractivity contribution in [1.82, 2.24) is 4.98 Å². The van der Waals surface area contributed by atoms with Crippen molar-refractivity contribution in [3.05, 3.63) is 66.2 Å². The number of benzene rings is 3. The largest absolute Gasteiger partial charge is 0.353 e. The molecule has 0 amide bonds. The van der Waals surface area contributed by atoms with Crippen molar-refractivity contribution in [3.8, 4) is 10.6 Å². The third kappa shape index (κ3) is 1.79. The van der Waals surface area contributed by atoms with Gasteiger partial charge in [0.25, 0.3) is 5.01 Å². The Balaban J connectivity index is 1.91. The summed E-state index contributed by atoms with van der Waals surface area (Å²) in [7, 11) is 2.16. The molecular formula is C21H17N2S+. The number of hydrogen-bond donors (Lipinski definition) is 1. The Morgan fingerprint density at radius 3 is 2.54 bits per heavy atom. The van der Waals surface area contributed by atoms with E-state index in [4.69, 9.17) is 0 Å². The molecule has 0 aliphatic heterocycles. The van der Waals surface area contributed by atoms with E-state index in [0.29, 0.717) is 0 Å². The molecule has 0 unspecified atom stereocenters. The minimum absolute atomic E-state index is 1.20. The van der Waals surface area contributed by atoms with Gasteiger partial charge in [-0.05, 0) is 30.7 Å². The Bertz CT molecular complexity index is 1230. The number of aryl methyl sites for hydroxylation is 2. The minimum Gasteiger partial charge on any atom is -0.353 e. The quantitative estimate of drug-likeness (QED) is 0.401. The van der Waals surface area contributed by atoms with Crippen LogP contribution in [0, 0.1) is 6.92 Å². The summed E-state index contributed by atoms with van der Waals surface area (Å²) < 4.78 is 3.64. The maximum absolute atomic E-state index is 3.62. The van der Waals surface area contributed by atoms with Gasteiger partial charge in [0.05, 0.1) is 11.1 Å². The molecule has 5 rings (SSSR count). The molecule has 0 saturated carbocycles. The van der Waals surface area contributed by atoms with Gasteiger partial charge in [0, 0.05) is 22.4 Å². The summed E-state index contributed by atoms with van der Waals surface area (Å²) in [6.07, 6.45) is 0. The van der Waals surface area contributed by atoms with Gasteiger partial charge >= 0.3 is 0 Å². The van der Waals surface area contributed by atoms with Crippen LogP contribution in [0.3, 0.4) is 0 Å². The molecule has 0 spiro atoms. The summed E-state index contributed by atoms with van der Waals surface area (Å²) in [6.45, 7) is 2.18. The molecule has 3 aromatic carbocycles. The third-order valence-electron chi connectivity index (χ3n) is 4.85. The number of nitrogens with one attached hydrogen (secondary N) is 1. The average Bonchev–Trinajstić information content (AvgIpc) is 3.14. The van der Waals surface area contributed by atoms with Crippen LogP contribution in [0.4, 0.5) is 0 Å². The van der Waals surface area contributed by atoms with Gasteiger partial charge in [-0.1, -0.05) is 47.7 Å². The number of hydrogen-bond acceptors (Lipinski definition) is 1. The van der Waals surface area contributed by atoms with Crippen molar-refractivity contribution in [2.24, 2.45) is 7.05 Å². The molecule has 0 aliphatic carbocycles. The molecule has 0 fully saturated rings. The predicted octanol–water partition coefficient (Wildman–Crippen LogP) is 5.34. The topological polar surface area (TPSA) is 19.7 Å². The summed E-state index contributed by atoms with van der Waals surface area (Å²) in [5.41, 5.74) is 6.35. The fourth-order valence-corrected chi connectivity index (χ4v) is 4.91. The predicted molar refractivity (Wildman–Crippen MR) is 103 cm³/mol. The summed E-state index contributed by atoms with van der Waals surface area (Å²) in [6, 6.07) is 21.6. The zero-order valence-corrected chi connectivity index (χ0v) is 14.4. The highest BCUT2D eigenvalue weighted by Crippen LogP contribution is 2.36. The molecule has 2 heterocycles. The van der Waals surface area contributed by atoms with Crippen LogP contribution in [0.5, 0.6) is 0 Å². The lowest BCUT2D eigenvalue weighted by atomic mass is 10.1. The number of fused-ring (bicyclic) bond motifs is 5. The van der Waals surface area contributed by atoms with E-state index in [1.165, 1.54) is 48.2 Å². The Morgan fingerprint density at radius 2 is 1.67 bits per heavy atom. The fourth-order valence-electron chi connectivity index (χ4n) is 3.57. The first-order valence-corrected chi connectivity index (χ1v) is 8.93. The van der Waals surface area contributed by atoms with E-state index in [1.807, 2.05) is 11.3 Å². The van der Waals surface area contributed by atoms with E-state index in [9.17, 15) is 0 Å². The number of aromatic nitrogens is 2. The molecule has 1 N–H and O–H groups in total. The van der Waals surface area contributed by atoms with Gasteiger partial charge < -0.3 is 4.98 Å². The van der Waals surface area contributed by atoms with Gasteiger partial charge in [-0.3, -0.25) is 0 Å². The van der Waals surface area contributed by atoms with Crippen molar-refractivity contribution < 1.29 is 4.57 Å². The molecule has 3 heteroatoms. The lowest BCUT2D eigenvalue weighted by molar-refractivity contribution is -0.629. The lowest BCUT2D eigenvalue weighted by Crippen LogP contribution is -2.28. The summed E-state index contributed by atoms with van der Waals surface area (Å²) in [5.74, 6) is 0. The maximum atomic E-state index is 3.62. The van der Waals surface area contributed by atoms with Gasteiger partial charge in [-0.15, -0.1) is 0 Å². The molecular weight excluding hydrogens is 312 g/mol. The molecule has 0 radical (unpaired) electrons. The molecule has 0 aliphatic rings. The molecule has 0 bridgehead atoms. The van der Waals surface area contributed by atoms with E-state index in [0.717, 1.165) is 0 Å². The smallest absolute Gasteiger partial charge is 0.270 e. The molecule has 0 atom stereocenters. The number of nitrogens with zero attached hydrogens (tertiary/aromatic N) is 1. The molecule has 2 aromatic heterocycles. The van der Waals surface area contributed by atoms with Crippen molar-refractivity contribution >= 4 is 43.4 Å². The van der Waals surface area contributed by atoms with Crippen LogP contribution in [0.1, 0.15) is 5.56 Å². The molecule has 0 saturated heterocycles. The minimum atomic E-state index is 1.20. The van der Waals surface area contributed by atoms with Gasteiger partial charge in [0.2, 0.25) is 5.52 Å². The first kappa shape index (κ1) is 13.8. The summed E-state index contributed by atoms with van der Waals surface area (Å²) in [4.78, 5) is 3.62. The zero-order valence-electron chi connectivity index (χ0n) is 13.6. The van der Waals surface area contributed by atoms with E-state index < -0.39 is 0 Å². The molecule has 2 nitrogen and oxygen atoms in total. The zero-order chi connectivity index (χ0) is 16.3. The normalized spacial score (nSPS) is 11.8. The van der Waals surface area contributed by atoms with Crippen molar-refractivity contribution in [2.45, 2.75) is 6.92 Å². The summed E-state index contributed by atoms with van der Waals surface area (Å²) >= 11 is 1.87. The van der Waals surface area contributed by atoms with E-state index in [1.54, 1.807) is 0 Å². The van der Waals surface area contributed by atoms with Crippen molar-refractivity contribution in [2.75, 3.05) is 0 Å². The van der Waals surface area contributed by atoms with Crippen LogP contribution in [0.25, 0.3) is 42.6 Å². The van der Waals surface area contributed by atoms with Gasteiger partial charge in [-0.25, -0.2) is 0 Å².